The lowest BCUT2D eigenvalue weighted by atomic mass is 10.1. The predicted octanol–water partition coefficient (Wildman–Crippen LogP) is 1.81. The molecule has 0 bridgehead atoms. The van der Waals surface area contributed by atoms with Gasteiger partial charge in [-0.15, -0.1) is 12.4 Å². The van der Waals surface area contributed by atoms with Crippen LogP contribution < -0.4 is 10.0 Å². The van der Waals surface area contributed by atoms with Crippen molar-refractivity contribution in [1.29, 1.82) is 0 Å². The maximum atomic E-state index is 13.4. The largest absolute Gasteiger partial charge is 0.313 e. The van der Waals surface area contributed by atoms with E-state index >= 15 is 0 Å². The first kappa shape index (κ1) is 17.3. The Morgan fingerprint density at radius 3 is 2.70 bits per heavy atom. The van der Waals surface area contributed by atoms with E-state index in [1.165, 1.54) is 0 Å². The average molecular weight is 327 g/mol. The van der Waals surface area contributed by atoms with Gasteiger partial charge in [-0.1, -0.05) is 6.42 Å². The topological polar surface area (TPSA) is 58.2 Å². The van der Waals surface area contributed by atoms with Crippen LogP contribution in [0.1, 0.15) is 19.3 Å². The second-order valence-electron chi connectivity index (χ2n) is 4.57. The quantitative estimate of drug-likeness (QED) is 0.887. The standard InChI is InChI=1S/C12H16F2N2O2S.ClH/c13-9-4-5-11(14)12(7-9)19(17,18)16-8-10-3-1-2-6-15-10;/h4-5,7,10,15-16H,1-3,6,8H2;1H. The lowest BCUT2D eigenvalue weighted by molar-refractivity contribution is 0.398. The maximum absolute atomic E-state index is 13.4. The summed E-state index contributed by atoms with van der Waals surface area (Å²) >= 11 is 0. The van der Waals surface area contributed by atoms with Crippen LogP contribution in [0.5, 0.6) is 0 Å². The van der Waals surface area contributed by atoms with E-state index in [0.717, 1.165) is 37.9 Å². The summed E-state index contributed by atoms with van der Waals surface area (Å²) in [7, 11) is -4.02. The van der Waals surface area contributed by atoms with E-state index in [2.05, 4.69) is 10.0 Å². The zero-order chi connectivity index (χ0) is 13.9. The molecule has 0 saturated carbocycles. The molecule has 20 heavy (non-hydrogen) atoms. The van der Waals surface area contributed by atoms with Crippen LogP contribution in [-0.2, 0) is 10.0 Å². The van der Waals surface area contributed by atoms with E-state index in [0.29, 0.717) is 6.07 Å². The van der Waals surface area contributed by atoms with Crippen molar-refractivity contribution in [1.82, 2.24) is 10.0 Å². The Morgan fingerprint density at radius 1 is 1.30 bits per heavy atom. The average Bonchev–Trinajstić information content (AvgIpc) is 2.40. The number of nitrogens with one attached hydrogen (secondary N) is 2. The molecule has 1 heterocycles. The molecular formula is C12H17ClF2N2O2S. The first-order valence-corrected chi connectivity index (χ1v) is 7.65. The zero-order valence-corrected chi connectivity index (χ0v) is 12.4. The molecule has 4 nitrogen and oxygen atoms in total. The molecule has 0 amide bonds. The molecule has 0 spiro atoms. The number of halogens is 3. The van der Waals surface area contributed by atoms with Gasteiger partial charge in [-0.25, -0.2) is 21.9 Å². The van der Waals surface area contributed by atoms with Gasteiger partial charge < -0.3 is 5.32 Å². The van der Waals surface area contributed by atoms with E-state index in [-0.39, 0.29) is 25.0 Å². The molecule has 1 unspecified atom stereocenters. The summed E-state index contributed by atoms with van der Waals surface area (Å²) in [5.74, 6) is -1.73. The lowest BCUT2D eigenvalue weighted by Gasteiger charge is -2.23. The monoisotopic (exact) mass is 326 g/mol. The van der Waals surface area contributed by atoms with Gasteiger partial charge in [-0.2, -0.15) is 0 Å². The molecule has 2 N–H and O–H groups in total. The molecule has 1 aliphatic rings. The molecule has 0 radical (unpaired) electrons. The Bertz CT molecular complexity index is 548. The van der Waals surface area contributed by atoms with Gasteiger partial charge in [0.2, 0.25) is 10.0 Å². The Hall–Kier alpha value is -0.760. The Kier molecular flexibility index (Phi) is 6.32. The fraction of sp³-hybridized carbons (Fsp3) is 0.500. The first-order chi connectivity index (χ1) is 8.99. The van der Waals surface area contributed by atoms with Crippen LogP contribution in [0.15, 0.2) is 23.1 Å². The highest BCUT2D eigenvalue weighted by molar-refractivity contribution is 7.89. The normalized spacial score (nSPS) is 19.4. The third-order valence-corrected chi connectivity index (χ3v) is 4.55. The van der Waals surface area contributed by atoms with Crippen LogP contribution in [0.3, 0.4) is 0 Å². The van der Waals surface area contributed by atoms with Crippen molar-refractivity contribution >= 4 is 22.4 Å². The molecule has 1 aliphatic heterocycles. The summed E-state index contributed by atoms with van der Waals surface area (Å²) in [6.45, 7) is 1.03. The van der Waals surface area contributed by atoms with E-state index in [9.17, 15) is 17.2 Å². The minimum atomic E-state index is -4.02. The summed E-state index contributed by atoms with van der Waals surface area (Å²) in [6, 6.07) is 2.42. The van der Waals surface area contributed by atoms with E-state index in [4.69, 9.17) is 0 Å². The summed E-state index contributed by atoms with van der Waals surface area (Å²) in [4.78, 5) is -0.650. The number of hydrogen-bond acceptors (Lipinski definition) is 3. The Morgan fingerprint density at radius 2 is 2.05 bits per heavy atom. The van der Waals surface area contributed by atoms with Crippen LogP contribution in [-0.4, -0.2) is 27.5 Å². The molecule has 1 fully saturated rings. The Balaban J connectivity index is 0.00000200. The van der Waals surface area contributed by atoms with E-state index < -0.39 is 26.6 Å². The number of sulfonamides is 1. The van der Waals surface area contributed by atoms with Crippen LogP contribution in [0, 0.1) is 11.6 Å². The summed E-state index contributed by atoms with van der Waals surface area (Å²) in [6.07, 6.45) is 2.98. The molecule has 1 aromatic carbocycles. The second-order valence-corrected chi connectivity index (χ2v) is 6.31. The van der Waals surface area contributed by atoms with Crippen molar-refractivity contribution in [2.45, 2.75) is 30.2 Å². The minimum absolute atomic E-state index is 0. The smallest absolute Gasteiger partial charge is 0.243 e. The number of benzene rings is 1. The molecule has 1 atom stereocenters. The summed E-state index contributed by atoms with van der Waals surface area (Å²) < 4.78 is 52.6. The van der Waals surface area contributed by atoms with Crippen LogP contribution in [0.2, 0.25) is 0 Å². The number of hydrogen-bond donors (Lipinski definition) is 2. The molecule has 1 aromatic rings. The van der Waals surface area contributed by atoms with Crippen molar-refractivity contribution in [3.63, 3.8) is 0 Å². The highest BCUT2D eigenvalue weighted by Gasteiger charge is 2.22. The van der Waals surface area contributed by atoms with Crippen molar-refractivity contribution in [2.24, 2.45) is 0 Å². The number of rotatable bonds is 4. The van der Waals surface area contributed by atoms with Gasteiger partial charge in [0.05, 0.1) is 0 Å². The van der Waals surface area contributed by atoms with Gasteiger partial charge in [0.15, 0.2) is 0 Å². The fourth-order valence-electron chi connectivity index (χ4n) is 2.07. The second kappa shape index (κ2) is 7.31. The molecule has 2 rings (SSSR count). The van der Waals surface area contributed by atoms with Gasteiger partial charge in [0.25, 0.3) is 0 Å². The lowest BCUT2D eigenvalue weighted by Crippen LogP contribution is -2.43. The third kappa shape index (κ3) is 4.37. The molecule has 114 valence electrons. The summed E-state index contributed by atoms with van der Waals surface area (Å²) in [5.41, 5.74) is 0. The molecule has 0 aromatic heterocycles. The molecule has 8 heteroatoms. The molecular weight excluding hydrogens is 310 g/mol. The van der Waals surface area contributed by atoms with Crippen molar-refractivity contribution in [2.75, 3.05) is 13.1 Å². The van der Waals surface area contributed by atoms with Gasteiger partial charge in [0, 0.05) is 12.6 Å². The van der Waals surface area contributed by atoms with Gasteiger partial charge >= 0.3 is 0 Å². The van der Waals surface area contributed by atoms with Crippen molar-refractivity contribution < 1.29 is 17.2 Å². The molecule has 1 saturated heterocycles. The third-order valence-electron chi connectivity index (χ3n) is 3.11. The highest BCUT2D eigenvalue weighted by Crippen LogP contribution is 2.16. The summed E-state index contributed by atoms with van der Waals surface area (Å²) in [5, 5.41) is 3.17. The van der Waals surface area contributed by atoms with Crippen LogP contribution in [0.25, 0.3) is 0 Å². The first-order valence-electron chi connectivity index (χ1n) is 6.17. The van der Waals surface area contributed by atoms with Crippen LogP contribution in [0.4, 0.5) is 8.78 Å². The highest BCUT2D eigenvalue weighted by atomic mass is 35.5. The molecule has 0 aliphatic carbocycles. The minimum Gasteiger partial charge on any atom is -0.313 e. The fourth-order valence-corrected chi connectivity index (χ4v) is 3.24. The Labute approximate surface area is 123 Å². The SMILES string of the molecule is Cl.O=S(=O)(NCC1CCCCN1)c1cc(F)ccc1F. The predicted molar refractivity (Wildman–Crippen MR) is 74.4 cm³/mol. The number of piperidine rings is 1. The van der Waals surface area contributed by atoms with Crippen molar-refractivity contribution in [3.05, 3.63) is 29.8 Å². The van der Waals surface area contributed by atoms with Gasteiger partial charge in [0.1, 0.15) is 16.5 Å². The van der Waals surface area contributed by atoms with Crippen LogP contribution >= 0.6 is 12.4 Å². The zero-order valence-electron chi connectivity index (χ0n) is 10.7. The maximum Gasteiger partial charge on any atom is 0.243 e. The van der Waals surface area contributed by atoms with Crippen molar-refractivity contribution in [3.8, 4) is 0 Å². The van der Waals surface area contributed by atoms with E-state index in [1.807, 2.05) is 0 Å². The van der Waals surface area contributed by atoms with Gasteiger partial charge in [-0.05, 0) is 37.6 Å². The van der Waals surface area contributed by atoms with E-state index in [1.54, 1.807) is 0 Å². The van der Waals surface area contributed by atoms with Gasteiger partial charge in [-0.3, -0.25) is 0 Å².